The van der Waals surface area contributed by atoms with Gasteiger partial charge in [0.25, 0.3) is 0 Å². The Bertz CT molecular complexity index is 255. The smallest absolute Gasteiger partial charge is 0.239 e. The molecule has 114 valence electrons. The first-order valence-electron chi connectivity index (χ1n) is 6.53. The molecule has 2 rings (SSSR count). The van der Waals surface area contributed by atoms with Gasteiger partial charge < -0.3 is 20.3 Å². The summed E-state index contributed by atoms with van der Waals surface area (Å²) in [5.74, 6) is 0.725. The van der Waals surface area contributed by atoms with Crippen LogP contribution in [0.1, 0.15) is 12.8 Å². The van der Waals surface area contributed by atoms with Gasteiger partial charge in [0, 0.05) is 13.1 Å². The number of carbonyl (C=O) groups is 1. The van der Waals surface area contributed by atoms with E-state index in [9.17, 15) is 4.79 Å². The van der Waals surface area contributed by atoms with Crippen LogP contribution in [0, 0.1) is 5.92 Å². The molecule has 1 atom stereocenters. The molecule has 2 aliphatic rings. The second-order valence-electron chi connectivity index (χ2n) is 5.07. The molecule has 1 amide bonds. The van der Waals surface area contributed by atoms with Crippen LogP contribution in [-0.4, -0.2) is 63.3 Å². The van der Waals surface area contributed by atoms with Crippen LogP contribution in [0.3, 0.4) is 0 Å². The van der Waals surface area contributed by atoms with Gasteiger partial charge in [-0.15, -0.1) is 24.8 Å². The molecule has 2 N–H and O–H groups in total. The number of halogens is 2. The third-order valence-electron chi connectivity index (χ3n) is 3.64. The van der Waals surface area contributed by atoms with E-state index in [0.717, 1.165) is 26.2 Å². The summed E-state index contributed by atoms with van der Waals surface area (Å²) in [6.45, 7) is 5.08. The molecule has 2 heterocycles. The van der Waals surface area contributed by atoms with Crippen molar-refractivity contribution in [3.63, 3.8) is 0 Å². The van der Waals surface area contributed by atoms with Crippen molar-refractivity contribution < 1.29 is 9.53 Å². The lowest BCUT2D eigenvalue weighted by molar-refractivity contribution is -0.126. The highest BCUT2D eigenvalue weighted by Gasteiger charge is 2.22. The Balaban J connectivity index is 0.00000162. The summed E-state index contributed by atoms with van der Waals surface area (Å²) in [7, 11) is 2.15. The molecule has 0 bridgehead atoms. The summed E-state index contributed by atoms with van der Waals surface area (Å²) >= 11 is 0. The second-order valence-corrected chi connectivity index (χ2v) is 5.07. The molecule has 5 nitrogen and oxygen atoms in total. The fourth-order valence-electron chi connectivity index (χ4n) is 2.37. The van der Waals surface area contributed by atoms with E-state index >= 15 is 0 Å². The fourth-order valence-corrected chi connectivity index (χ4v) is 2.37. The second kappa shape index (κ2) is 9.77. The largest absolute Gasteiger partial charge is 0.378 e. The van der Waals surface area contributed by atoms with Gasteiger partial charge in [-0.05, 0) is 38.9 Å². The van der Waals surface area contributed by atoms with Gasteiger partial charge in [0.1, 0.15) is 6.04 Å². The van der Waals surface area contributed by atoms with Crippen molar-refractivity contribution >= 4 is 30.7 Å². The van der Waals surface area contributed by atoms with E-state index in [0.29, 0.717) is 19.1 Å². The number of hydrogen-bond donors (Lipinski definition) is 2. The molecule has 0 saturated carbocycles. The minimum atomic E-state index is -0.157. The van der Waals surface area contributed by atoms with E-state index in [1.165, 1.54) is 12.8 Å². The molecule has 0 aromatic heterocycles. The topological polar surface area (TPSA) is 53.6 Å². The number of carbonyl (C=O) groups excluding carboxylic acids is 1. The standard InChI is InChI=1S/C12H23N3O2.2ClH/c1-15-5-2-10(3-6-15)8-14-12(16)11-9-17-7-4-13-11;;/h10-11,13H,2-9H2,1H3,(H,14,16);2*1H. The fraction of sp³-hybridized carbons (Fsp3) is 0.917. The summed E-state index contributed by atoms with van der Waals surface area (Å²) in [6, 6.07) is -0.157. The van der Waals surface area contributed by atoms with Gasteiger partial charge in [0.15, 0.2) is 0 Å². The van der Waals surface area contributed by atoms with Crippen molar-refractivity contribution in [3.8, 4) is 0 Å². The number of ether oxygens (including phenoxy) is 1. The lowest BCUT2D eigenvalue weighted by Gasteiger charge is -2.30. The van der Waals surface area contributed by atoms with Crippen molar-refractivity contribution in [1.29, 1.82) is 0 Å². The Hall–Kier alpha value is -0.0700. The Morgan fingerprint density at radius 1 is 1.37 bits per heavy atom. The average molecular weight is 314 g/mol. The highest BCUT2D eigenvalue weighted by molar-refractivity contribution is 5.85. The molecule has 0 radical (unpaired) electrons. The van der Waals surface area contributed by atoms with Gasteiger partial charge in [-0.25, -0.2) is 0 Å². The van der Waals surface area contributed by atoms with Crippen LogP contribution in [-0.2, 0) is 9.53 Å². The number of piperidine rings is 1. The molecule has 1 unspecified atom stereocenters. The maximum absolute atomic E-state index is 11.8. The number of morpholine rings is 1. The van der Waals surface area contributed by atoms with Crippen LogP contribution in [0.15, 0.2) is 0 Å². The van der Waals surface area contributed by atoms with Crippen LogP contribution in [0.2, 0.25) is 0 Å². The number of nitrogens with one attached hydrogen (secondary N) is 2. The first-order valence-corrected chi connectivity index (χ1v) is 6.53. The van der Waals surface area contributed by atoms with Crippen molar-refractivity contribution in [1.82, 2.24) is 15.5 Å². The summed E-state index contributed by atoms with van der Waals surface area (Å²) in [5, 5.41) is 6.21. The Morgan fingerprint density at radius 3 is 2.63 bits per heavy atom. The van der Waals surface area contributed by atoms with Crippen LogP contribution in [0.5, 0.6) is 0 Å². The Labute approximate surface area is 127 Å². The van der Waals surface area contributed by atoms with Gasteiger partial charge in [-0.1, -0.05) is 0 Å². The first-order chi connectivity index (χ1) is 8.25. The molecule has 0 aromatic rings. The average Bonchev–Trinajstić information content (AvgIpc) is 2.39. The third kappa shape index (κ3) is 6.27. The van der Waals surface area contributed by atoms with Gasteiger partial charge in [-0.3, -0.25) is 4.79 Å². The lowest BCUT2D eigenvalue weighted by atomic mass is 9.97. The van der Waals surface area contributed by atoms with E-state index in [1.807, 2.05) is 0 Å². The highest BCUT2D eigenvalue weighted by atomic mass is 35.5. The van der Waals surface area contributed by atoms with Crippen LogP contribution in [0.4, 0.5) is 0 Å². The first kappa shape index (κ1) is 18.9. The molecule has 7 heteroatoms. The van der Waals surface area contributed by atoms with Gasteiger partial charge >= 0.3 is 0 Å². The molecule has 2 saturated heterocycles. The number of rotatable bonds is 3. The van der Waals surface area contributed by atoms with Crippen molar-refractivity contribution in [2.75, 3.05) is 46.4 Å². The van der Waals surface area contributed by atoms with Crippen molar-refractivity contribution in [3.05, 3.63) is 0 Å². The molecule has 0 aliphatic carbocycles. The predicted octanol–water partition coefficient (Wildman–Crippen LogP) is 0.276. The Morgan fingerprint density at radius 2 is 2.05 bits per heavy atom. The molecule has 19 heavy (non-hydrogen) atoms. The monoisotopic (exact) mass is 313 g/mol. The van der Waals surface area contributed by atoms with E-state index in [4.69, 9.17) is 4.74 Å². The molecule has 0 spiro atoms. The zero-order valence-corrected chi connectivity index (χ0v) is 13.0. The maximum atomic E-state index is 11.8. The maximum Gasteiger partial charge on any atom is 0.239 e. The van der Waals surface area contributed by atoms with Crippen LogP contribution in [0.25, 0.3) is 0 Å². The van der Waals surface area contributed by atoms with Crippen molar-refractivity contribution in [2.45, 2.75) is 18.9 Å². The van der Waals surface area contributed by atoms with E-state index in [2.05, 4.69) is 22.6 Å². The van der Waals surface area contributed by atoms with Crippen LogP contribution >= 0.6 is 24.8 Å². The summed E-state index contributed by atoms with van der Waals surface area (Å²) in [6.07, 6.45) is 2.37. The summed E-state index contributed by atoms with van der Waals surface area (Å²) in [4.78, 5) is 14.2. The SMILES string of the molecule is CN1CCC(CNC(=O)C2COCCN2)CC1.Cl.Cl. The van der Waals surface area contributed by atoms with Crippen molar-refractivity contribution in [2.24, 2.45) is 5.92 Å². The zero-order valence-electron chi connectivity index (χ0n) is 11.4. The number of hydrogen-bond acceptors (Lipinski definition) is 4. The summed E-state index contributed by atoms with van der Waals surface area (Å²) in [5.41, 5.74) is 0. The third-order valence-corrected chi connectivity index (χ3v) is 3.64. The highest BCUT2D eigenvalue weighted by Crippen LogP contribution is 2.14. The van der Waals surface area contributed by atoms with Crippen LogP contribution < -0.4 is 10.6 Å². The number of amides is 1. The quantitative estimate of drug-likeness (QED) is 0.785. The molecule has 2 aliphatic heterocycles. The van der Waals surface area contributed by atoms with Gasteiger partial charge in [0.2, 0.25) is 5.91 Å². The molecular weight excluding hydrogens is 289 g/mol. The normalized spacial score (nSPS) is 25.0. The van der Waals surface area contributed by atoms with Gasteiger partial charge in [0.05, 0.1) is 13.2 Å². The molecule has 0 aromatic carbocycles. The number of likely N-dealkylation sites (tertiary alicyclic amines) is 1. The minimum Gasteiger partial charge on any atom is -0.378 e. The van der Waals surface area contributed by atoms with Gasteiger partial charge in [-0.2, -0.15) is 0 Å². The van der Waals surface area contributed by atoms with E-state index in [-0.39, 0.29) is 36.8 Å². The Kier molecular flexibility index (Phi) is 9.74. The lowest BCUT2D eigenvalue weighted by Crippen LogP contribution is -2.52. The number of nitrogens with zero attached hydrogens (tertiary/aromatic N) is 1. The predicted molar refractivity (Wildman–Crippen MR) is 80.3 cm³/mol. The molecular formula is C12H25Cl2N3O2. The molecule has 2 fully saturated rings. The van der Waals surface area contributed by atoms with E-state index in [1.54, 1.807) is 0 Å². The van der Waals surface area contributed by atoms with E-state index < -0.39 is 0 Å². The minimum absolute atomic E-state index is 0. The zero-order chi connectivity index (χ0) is 12.1. The summed E-state index contributed by atoms with van der Waals surface area (Å²) < 4.78 is 5.28.